The van der Waals surface area contributed by atoms with E-state index in [2.05, 4.69) is 37.6 Å². The fourth-order valence-corrected chi connectivity index (χ4v) is 3.69. The highest BCUT2D eigenvalue weighted by molar-refractivity contribution is 7.16. The number of aliphatic imine (C=N–C) groups is 1. The third-order valence-corrected chi connectivity index (χ3v) is 5.12. The van der Waals surface area contributed by atoms with Crippen molar-refractivity contribution in [1.29, 1.82) is 0 Å². The number of nitrogens with one attached hydrogen (secondary N) is 2. The molecule has 0 saturated carbocycles. The molecule has 6 nitrogen and oxygen atoms in total. The third-order valence-electron chi connectivity index (χ3n) is 4.33. The van der Waals surface area contributed by atoms with E-state index in [1.807, 2.05) is 56.0 Å². The first-order valence-corrected chi connectivity index (χ1v) is 10.2. The molecule has 0 fully saturated rings. The molecule has 0 aliphatic heterocycles. The summed E-state index contributed by atoms with van der Waals surface area (Å²) in [6.45, 7) is 0.785. The number of hydrogen-bond acceptors (Lipinski definition) is 5. The molecule has 3 aromatic rings. The molecule has 2 N–H and O–H groups in total. The summed E-state index contributed by atoms with van der Waals surface area (Å²) in [5, 5.41) is 6.48. The van der Waals surface area contributed by atoms with Crippen molar-refractivity contribution in [3.8, 4) is 0 Å². The van der Waals surface area contributed by atoms with E-state index in [0.29, 0.717) is 11.7 Å². The van der Waals surface area contributed by atoms with Gasteiger partial charge in [0.1, 0.15) is 5.70 Å². The highest BCUT2D eigenvalue weighted by Crippen LogP contribution is 2.20. The van der Waals surface area contributed by atoms with Crippen LogP contribution in [0.5, 0.6) is 0 Å². The van der Waals surface area contributed by atoms with Crippen LogP contribution in [0, 0.1) is 0 Å². The first-order chi connectivity index (χ1) is 14.1. The number of aromatic nitrogens is 1. The SMILES string of the molecule is CN/C(=N\C(C=O)=C/c1ccc2ncsc2c1)NC(CN(C)C)c1ccccc1. The molecule has 0 bridgehead atoms. The van der Waals surface area contributed by atoms with Crippen LogP contribution in [0.25, 0.3) is 16.3 Å². The van der Waals surface area contributed by atoms with Crippen molar-refractivity contribution < 1.29 is 4.79 Å². The maximum atomic E-state index is 11.7. The van der Waals surface area contributed by atoms with Gasteiger partial charge < -0.3 is 15.5 Å². The second-order valence-electron chi connectivity index (χ2n) is 6.85. The Labute approximate surface area is 175 Å². The maximum Gasteiger partial charge on any atom is 0.196 e. The lowest BCUT2D eigenvalue weighted by molar-refractivity contribution is -0.104. The minimum Gasteiger partial charge on any atom is -0.359 e. The van der Waals surface area contributed by atoms with Crippen LogP contribution in [-0.2, 0) is 4.79 Å². The van der Waals surface area contributed by atoms with E-state index in [9.17, 15) is 4.79 Å². The van der Waals surface area contributed by atoms with Crippen molar-refractivity contribution in [1.82, 2.24) is 20.5 Å². The number of nitrogens with zero attached hydrogens (tertiary/aromatic N) is 3. The zero-order valence-electron chi connectivity index (χ0n) is 16.8. The van der Waals surface area contributed by atoms with Crippen LogP contribution < -0.4 is 10.6 Å². The number of carbonyl (C=O) groups is 1. The minimum atomic E-state index is 0.0267. The predicted molar refractivity (Wildman–Crippen MR) is 121 cm³/mol. The zero-order valence-corrected chi connectivity index (χ0v) is 17.6. The quantitative estimate of drug-likeness (QED) is 0.272. The Morgan fingerprint density at radius 3 is 2.72 bits per heavy atom. The number of benzene rings is 2. The molecule has 0 saturated heterocycles. The summed E-state index contributed by atoms with van der Waals surface area (Å²) in [6.07, 6.45) is 2.54. The van der Waals surface area contributed by atoms with E-state index in [-0.39, 0.29) is 6.04 Å². The van der Waals surface area contributed by atoms with E-state index < -0.39 is 0 Å². The van der Waals surface area contributed by atoms with Crippen LogP contribution in [0.4, 0.5) is 0 Å². The van der Waals surface area contributed by atoms with Crippen molar-refractivity contribution in [2.45, 2.75) is 6.04 Å². The van der Waals surface area contributed by atoms with Crippen LogP contribution in [0.3, 0.4) is 0 Å². The molecule has 0 amide bonds. The van der Waals surface area contributed by atoms with Gasteiger partial charge >= 0.3 is 0 Å². The second kappa shape index (κ2) is 9.95. The topological polar surface area (TPSA) is 69.6 Å². The molecule has 7 heteroatoms. The van der Waals surface area contributed by atoms with Gasteiger partial charge in [0.05, 0.1) is 21.8 Å². The number of thiazole rings is 1. The molecule has 0 aliphatic carbocycles. The molecular weight excluding hydrogens is 382 g/mol. The van der Waals surface area contributed by atoms with Crippen LogP contribution in [0.2, 0.25) is 0 Å². The van der Waals surface area contributed by atoms with Gasteiger partial charge in [-0.05, 0) is 43.4 Å². The number of carbonyl (C=O) groups excluding carboxylic acids is 1. The van der Waals surface area contributed by atoms with Gasteiger partial charge in [0.15, 0.2) is 12.2 Å². The number of hydrogen-bond donors (Lipinski definition) is 2. The van der Waals surface area contributed by atoms with Crippen LogP contribution in [0.1, 0.15) is 17.2 Å². The molecule has 3 rings (SSSR count). The lowest BCUT2D eigenvalue weighted by Gasteiger charge is -2.24. The Balaban J connectivity index is 1.85. The Hall–Kier alpha value is -3.03. The van der Waals surface area contributed by atoms with Crippen molar-refractivity contribution >= 4 is 39.9 Å². The number of aldehydes is 1. The summed E-state index contributed by atoms with van der Waals surface area (Å²) in [5.41, 5.74) is 5.17. The van der Waals surface area contributed by atoms with E-state index in [0.717, 1.165) is 34.2 Å². The molecule has 29 heavy (non-hydrogen) atoms. The first kappa shape index (κ1) is 20.7. The highest BCUT2D eigenvalue weighted by Gasteiger charge is 2.14. The molecule has 1 unspecified atom stereocenters. The highest BCUT2D eigenvalue weighted by atomic mass is 32.1. The van der Waals surface area contributed by atoms with Gasteiger partial charge in [0, 0.05) is 13.6 Å². The molecule has 0 aliphatic rings. The molecule has 2 aromatic carbocycles. The van der Waals surface area contributed by atoms with Crippen molar-refractivity contribution in [3.63, 3.8) is 0 Å². The van der Waals surface area contributed by atoms with Gasteiger partial charge in [0.25, 0.3) is 0 Å². The fraction of sp³-hybridized carbons (Fsp3) is 0.227. The number of likely N-dealkylation sites (N-methyl/N-ethyl adjacent to an activating group) is 1. The maximum absolute atomic E-state index is 11.7. The summed E-state index contributed by atoms with van der Waals surface area (Å²) >= 11 is 1.57. The number of fused-ring (bicyclic) bond motifs is 1. The molecule has 1 heterocycles. The van der Waals surface area contributed by atoms with Gasteiger partial charge in [0.2, 0.25) is 0 Å². The van der Waals surface area contributed by atoms with E-state index >= 15 is 0 Å². The normalized spacial score (nSPS) is 13.5. The van der Waals surface area contributed by atoms with E-state index in [4.69, 9.17) is 0 Å². The number of rotatable bonds is 7. The number of guanidine groups is 1. The third kappa shape index (κ3) is 5.73. The molecule has 1 aromatic heterocycles. The van der Waals surface area contributed by atoms with Gasteiger partial charge in [-0.15, -0.1) is 11.3 Å². The van der Waals surface area contributed by atoms with Crippen molar-refractivity contribution in [2.24, 2.45) is 4.99 Å². The summed E-state index contributed by atoms with van der Waals surface area (Å²) in [6, 6.07) is 16.1. The summed E-state index contributed by atoms with van der Waals surface area (Å²) in [5.74, 6) is 0.540. The largest absolute Gasteiger partial charge is 0.359 e. The fourth-order valence-electron chi connectivity index (χ4n) is 2.96. The summed E-state index contributed by atoms with van der Waals surface area (Å²) < 4.78 is 1.08. The second-order valence-corrected chi connectivity index (χ2v) is 7.73. The molecular formula is C22H25N5OS. The van der Waals surface area contributed by atoms with Gasteiger partial charge in [-0.3, -0.25) is 4.79 Å². The van der Waals surface area contributed by atoms with Gasteiger partial charge in [-0.25, -0.2) is 9.98 Å². The Bertz CT molecular complexity index is 1010. The van der Waals surface area contributed by atoms with Crippen molar-refractivity contribution in [3.05, 3.63) is 70.9 Å². The monoisotopic (exact) mass is 407 g/mol. The standard InChI is InChI=1S/C22H25N5OS/c1-23-22(26-20(13-27(2)3)17-7-5-4-6-8-17)25-18(14-28)11-16-9-10-19-21(12-16)29-15-24-19/h4-12,14-15,20H,13H2,1-3H3,(H2,23,25,26)/b18-11-. The molecule has 0 spiro atoms. The Morgan fingerprint density at radius 2 is 2.03 bits per heavy atom. The Morgan fingerprint density at radius 1 is 1.24 bits per heavy atom. The average molecular weight is 408 g/mol. The van der Waals surface area contributed by atoms with Crippen LogP contribution in [-0.4, -0.2) is 49.8 Å². The van der Waals surface area contributed by atoms with Crippen molar-refractivity contribution in [2.75, 3.05) is 27.7 Å². The summed E-state index contributed by atoms with van der Waals surface area (Å²) in [7, 11) is 5.84. The van der Waals surface area contributed by atoms with Gasteiger partial charge in [-0.1, -0.05) is 36.4 Å². The smallest absolute Gasteiger partial charge is 0.196 e. The van der Waals surface area contributed by atoms with Crippen LogP contribution in [0.15, 0.2) is 64.7 Å². The Kier molecular flexibility index (Phi) is 7.10. The predicted octanol–water partition coefficient (Wildman–Crippen LogP) is 3.30. The molecule has 0 radical (unpaired) electrons. The molecule has 1 atom stereocenters. The lowest BCUT2D eigenvalue weighted by Crippen LogP contribution is -2.41. The van der Waals surface area contributed by atoms with E-state index in [1.165, 1.54) is 0 Å². The summed E-state index contributed by atoms with van der Waals surface area (Å²) in [4.78, 5) is 22.6. The first-order valence-electron chi connectivity index (χ1n) is 9.32. The van der Waals surface area contributed by atoms with Crippen LogP contribution >= 0.6 is 11.3 Å². The number of allylic oxidation sites excluding steroid dienone is 1. The van der Waals surface area contributed by atoms with Gasteiger partial charge in [-0.2, -0.15) is 0 Å². The lowest BCUT2D eigenvalue weighted by atomic mass is 10.1. The molecule has 150 valence electrons. The van der Waals surface area contributed by atoms with E-state index in [1.54, 1.807) is 24.5 Å². The average Bonchev–Trinajstić information content (AvgIpc) is 3.20. The minimum absolute atomic E-state index is 0.0267. The zero-order chi connectivity index (χ0) is 20.6.